The van der Waals surface area contributed by atoms with E-state index in [4.69, 9.17) is 28.9 Å². The van der Waals surface area contributed by atoms with Crippen molar-refractivity contribution in [2.45, 2.75) is 16.3 Å². The second-order valence-corrected chi connectivity index (χ2v) is 6.45. The first kappa shape index (κ1) is 14.2. The summed E-state index contributed by atoms with van der Waals surface area (Å²) in [6.07, 6.45) is 0. The quantitative estimate of drug-likeness (QED) is 0.794. The van der Waals surface area contributed by atoms with E-state index in [1.54, 1.807) is 23.9 Å². The van der Waals surface area contributed by atoms with Crippen LogP contribution in [0, 0.1) is 0 Å². The van der Waals surface area contributed by atoms with E-state index in [0.29, 0.717) is 16.6 Å². The van der Waals surface area contributed by atoms with Crippen molar-refractivity contribution in [2.24, 2.45) is 5.73 Å². The molecule has 0 aliphatic heterocycles. The molecule has 2 rings (SSSR count). The molecule has 0 saturated carbocycles. The Bertz CT molecular complexity index is 575. The fourth-order valence-corrected chi connectivity index (χ4v) is 3.52. The van der Waals surface area contributed by atoms with Crippen LogP contribution in [-0.4, -0.2) is 0 Å². The molecular weight excluding hydrogens is 353 g/mol. The maximum atomic E-state index is 6.13. The Kier molecular flexibility index (Phi) is 4.98. The molecule has 0 unspecified atom stereocenters. The van der Waals surface area contributed by atoms with E-state index in [-0.39, 0.29) is 0 Å². The van der Waals surface area contributed by atoms with Gasteiger partial charge in [-0.05, 0) is 35.9 Å². The molecule has 94 valence electrons. The van der Waals surface area contributed by atoms with Crippen molar-refractivity contribution in [1.29, 1.82) is 0 Å². The zero-order valence-electron chi connectivity index (χ0n) is 9.29. The van der Waals surface area contributed by atoms with Gasteiger partial charge < -0.3 is 5.73 Å². The highest BCUT2D eigenvalue weighted by molar-refractivity contribution is 9.10. The molecule has 0 saturated heterocycles. The van der Waals surface area contributed by atoms with Gasteiger partial charge in [-0.3, -0.25) is 0 Å². The van der Waals surface area contributed by atoms with E-state index < -0.39 is 0 Å². The van der Waals surface area contributed by atoms with Gasteiger partial charge in [-0.1, -0.05) is 57.0 Å². The van der Waals surface area contributed by atoms with Crippen LogP contribution in [0.15, 0.2) is 50.7 Å². The van der Waals surface area contributed by atoms with Crippen molar-refractivity contribution >= 4 is 50.9 Å². The Morgan fingerprint density at radius 3 is 2.56 bits per heavy atom. The summed E-state index contributed by atoms with van der Waals surface area (Å²) >= 11 is 17.2. The average Bonchev–Trinajstić information content (AvgIpc) is 2.34. The molecule has 0 radical (unpaired) electrons. The van der Waals surface area contributed by atoms with Crippen LogP contribution < -0.4 is 5.73 Å². The predicted octanol–water partition coefficient (Wildman–Crippen LogP) is 5.37. The van der Waals surface area contributed by atoms with Gasteiger partial charge in [0.1, 0.15) is 0 Å². The highest BCUT2D eigenvalue weighted by atomic mass is 79.9. The van der Waals surface area contributed by atoms with Gasteiger partial charge in [0.15, 0.2) is 0 Å². The normalized spacial score (nSPS) is 10.7. The molecule has 2 aromatic rings. The lowest BCUT2D eigenvalue weighted by Crippen LogP contribution is -1.96. The smallest absolute Gasteiger partial charge is 0.0546 e. The molecule has 0 spiro atoms. The average molecular weight is 363 g/mol. The Labute approximate surface area is 129 Å². The summed E-state index contributed by atoms with van der Waals surface area (Å²) in [7, 11) is 0. The monoisotopic (exact) mass is 361 g/mol. The minimum Gasteiger partial charge on any atom is -0.326 e. The van der Waals surface area contributed by atoms with Gasteiger partial charge in [-0.15, -0.1) is 0 Å². The highest BCUT2D eigenvalue weighted by Gasteiger charge is 2.06. The van der Waals surface area contributed by atoms with Crippen molar-refractivity contribution in [3.05, 3.63) is 56.5 Å². The van der Waals surface area contributed by atoms with Gasteiger partial charge in [0.05, 0.1) is 5.02 Å². The summed E-state index contributed by atoms with van der Waals surface area (Å²) in [4.78, 5) is 2.03. The molecule has 5 heteroatoms. The first-order chi connectivity index (χ1) is 8.60. The van der Waals surface area contributed by atoms with E-state index in [0.717, 1.165) is 19.8 Å². The lowest BCUT2D eigenvalue weighted by molar-refractivity contribution is 1.05. The van der Waals surface area contributed by atoms with Gasteiger partial charge in [-0.2, -0.15) is 0 Å². The van der Waals surface area contributed by atoms with Crippen molar-refractivity contribution < 1.29 is 0 Å². The van der Waals surface area contributed by atoms with E-state index in [2.05, 4.69) is 15.9 Å². The molecule has 18 heavy (non-hydrogen) atoms. The Balaban J connectivity index is 2.28. The van der Waals surface area contributed by atoms with Crippen LogP contribution in [0.25, 0.3) is 0 Å². The zero-order valence-corrected chi connectivity index (χ0v) is 13.2. The van der Waals surface area contributed by atoms with Crippen molar-refractivity contribution in [2.75, 3.05) is 0 Å². The van der Waals surface area contributed by atoms with Crippen LogP contribution in [0.4, 0.5) is 0 Å². The fraction of sp³-hybridized carbons (Fsp3) is 0.0769. The van der Waals surface area contributed by atoms with E-state index in [9.17, 15) is 0 Å². The molecule has 0 aliphatic rings. The number of rotatable bonds is 3. The van der Waals surface area contributed by atoms with Gasteiger partial charge in [0, 0.05) is 25.8 Å². The molecule has 2 N–H and O–H groups in total. The third-order valence-corrected chi connectivity index (χ3v) is 4.83. The topological polar surface area (TPSA) is 26.0 Å². The molecule has 1 nitrogen and oxygen atoms in total. The summed E-state index contributed by atoms with van der Waals surface area (Å²) in [5.74, 6) is 0. The Morgan fingerprint density at radius 1 is 1.11 bits per heavy atom. The lowest BCUT2D eigenvalue weighted by atomic mass is 10.2. The minimum absolute atomic E-state index is 0.517. The minimum atomic E-state index is 0.517. The summed E-state index contributed by atoms with van der Waals surface area (Å²) < 4.78 is 1.01. The SMILES string of the molecule is NCc1ccc(Sc2cc(Cl)ccc2Cl)cc1Br. The molecule has 0 amide bonds. The maximum absolute atomic E-state index is 6.13. The molecule has 0 fully saturated rings. The van der Waals surface area contributed by atoms with Gasteiger partial charge in [-0.25, -0.2) is 0 Å². The van der Waals surface area contributed by atoms with Crippen LogP contribution in [0.3, 0.4) is 0 Å². The number of hydrogen-bond acceptors (Lipinski definition) is 2. The van der Waals surface area contributed by atoms with E-state index >= 15 is 0 Å². The molecule has 0 atom stereocenters. The third-order valence-electron chi connectivity index (χ3n) is 2.37. The summed E-state index contributed by atoms with van der Waals surface area (Å²) in [5, 5.41) is 1.38. The molecule has 0 bridgehead atoms. The van der Waals surface area contributed by atoms with Crippen LogP contribution in [0.2, 0.25) is 10.0 Å². The zero-order chi connectivity index (χ0) is 13.1. The number of benzene rings is 2. The van der Waals surface area contributed by atoms with Crippen molar-refractivity contribution in [3.8, 4) is 0 Å². The predicted molar refractivity (Wildman–Crippen MR) is 82.6 cm³/mol. The fourth-order valence-electron chi connectivity index (χ4n) is 1.44. The molecule has 0 aromatic heterocycles. The summed E-state index contributed by atoms with van der Waals surface area (Å²) in [6.45, 7) is 0.517. The highest BCUT2D eigenvalue weighted by Crippen LogP contribution is 2.36. The summed E-state index contributed by atoms with van der Waals surface area (Å²) in [5.41, 5.74) is 6.70. The standard InChI is InChI=1S/C13H10BrCl2NS/c14-11-6-10(3-1-8(11)7-17)18-13-5-9(15)2-4-12(13)16/h1-6H,7,17H2. The van der Waals surface area contributed by atoms with Crippen LogP contribution in [-0.2, 0) is 6.54 Å². The van der Waals surface area contributed by atoms with Gasteiger partial charge >= 0.3 is 0 Å². The molecule has 0 heterocycles. The first-order valence-corrected chi connectivity index (χ1v) is 7.58. The van der Waals surface area contributed by atoms with E-state index in [1.165, 1.54) is 0 Å². The second kappa shape index (κ2) is 6.31. The molecule has 2 aromatic carbocycles. The number of halogens is 3. The Morgan fingerprint density at radius 2 is 1.89 bits per heavy atom. The molecule has 0 aliphatic carbocycles. The number of nitrogens with two attached hydrogens (primary N) is 1. The lowest BCUT2D eigenvalue weighted by Gasteiger charge is -2.07. The van der Waals surface area contributed by atoms with Gasteiger partial charge in [0.2, 0.25) is 0 Å². The Hall–Kier alpha value is -0.190. The first-order valence-electron chi connectivity index (χ1n) is 5.21. The number of hydrogen-bond donors (Lipinski definition) is 1. The third kappa shape index (κ3) is 3.43. The van der Waals surface area contributed by atoms with Crippen molar-refractivity contribution in [1.82, 2.24) is 0 Å². The van der Waals surface area contributed by atoms with Crippen LogP contribution >= 0.6 is 50.9 Å². The van der Waals surface area contributed by atoms with Crippen LogP contribution in [0.5, 0.6) is 0 Å². The molecular formula is C13H10BrCl2NS. The maximum Gasteiger partial charge on any atom is 0.0546 e. The van der Waals surface area contributed by atoms with Crippen LogP contribution in [0.1, 0.15) is 5.56 Å². The summed E-state index contributed by atoms with van der Waals surface area (Å²) in [6, 6.07) is 11.5. The van der Waals surface area contributed by atoms with E-state index in [1.807, 2.05) is 24.3 Å². The van der Waals surface area contributed by atoms with Gasteiger partial charge in [0.25, 0.3) is 0 Å². The second-order valence-electron chi connectivity index (χ2n) is 3.63. The largest absolute Gasteiger partial charge is 0.326 e. The van der Waals surface area contributed by atoms with Crippen molar-refractivity contribution in [3.63, 3.8) is 0 Å².